The maximum Gasteiger partial charge on any atom is 0.255 e. The van der Waals surface area contributed by atoms with Gasteiger partial charge in [-0.2, -0.15) is 5.26 Å². The van der Waals surface area contributed by atoms with Crippen LogP contribution in [0.25, 0.3) is 0 Å². The number of rotatable bonds is 4. The number of hydrogen-bond donors (Lipinski definition) is 2. The first-order valence-electron chi connectivity index (χ1n) is 11.9. The van der Waals surface area contributed by atoms with Gasteiger partial charge in [-0.15, -0.1) is 0 Å². The van der Waals surface area contributed by atoms with Crippen molar-refractivity contribution in [3.63, 3.8) is 0 Å². The Morgan fingerprint density at radius 2 is 1.79 bits per heavy atom. The van der Waals surface area contributed by atoms with E-state index in [9.17, 15) is 4.79 Å². The molecule has 1 aliphatic heterocycles. The minimum absolute atomic E-state index is 0.0873. The van der Waals surface area contributed by atoms with Crippen LogP contribution in [0.1, 0.15) is 58.3 Å². The highest BCUT2D eigenvalue weighted by atomic mass is 16.1. The molecular formula is C29H27N3O. The van der Waals surface area contributed by atoms with Gasteiger partial charge in [0.25, 0.3) is 5.91 Å². The molecule has 0 radical (unpaired) electrons. The Balaban J connectivity index is 1.30. The Kier molecular flexibility index (Phi) is 4.91. The molecule has 4 nitrogen and oxygen atoms in total. The Labute approximate surface area is 194 Å². The third kappa shape index (κ3) is 3.49. The van der Waals surface area contributed by atoms with Gasteiger partial charge in [-0.1, -0.05) is 42.5 Å². The molecule has 2 bridgehead atoms. The second-order valence-electron chi connectivity index (χ2n) is 9.76. The highest BCUT2D eigenvalue weighted by Gasteiger charge is 2.53. The molecule has 3 aliphatic rings. The van der Waals surface area contributed by atoms with Crippen LogP contribution in [-0.4, -0.2) is 5.91 Å². The number of hydrogen-bond acceptors (Lipinski definition) is 3. The third-order valence-electron chi connectivity index (χ3n) is 8.00. The van der Waals surface area contributed by atoms with E-state index < -0.39 is 0 Å². The molecule has 33 heavy (non-hydrogen) atoms. The van der Waals surface area contributed by atoms with Crippen molar-refractivity contribution in [2.24, 2.45) is 17.8 Å². The van der Waals surface area contributed by atoms with Crippen molar-refractivity contribution in [3.8, 4) is 6.07 Å². The van der Waals surface area contributed by atoms with Gasteiger partial charge in [-0.3, -0.25) is 4.79 Å². The highest BCUT2D eigenvalue weighted by molar-refractivity contribution is 6.04. The highest BCUT2D eigenvalue weighted by Crippen LogP contribution is 2.63. The van der Waals surface area contributed by atoms with Crippen molar-refractivity contribution in [2.45, 2.75) is 37.6 Å². The van der Waals surface area contributed by atoms with Gasteiger partial charge in [0.1, 0.15) is 0 Å². The van der Waals surface area contributed by atoms with Crippen molar-refractivity contribution in [3.05, 3.63) is 95.1 Å². The number of nitrogens with one attached hydrogen (secondary N) is 2. The molecule has 3 aromatic carbocycles. The van der Waals surface area contributed by atoms with Crippen LogP contribution in [0.15, 0.2) is 72.8 Å². The van der Waals surface area contributed by atoms with Gasteiger partial charge in [-0.05, 0) is 90.0 Å². The van der Waals surface area contributed by atoms with E-state index in [0.29, 0.717) is 29.9 Å². The number of nitriles is 1. The fourth-order valence-electron chi connectivity index (χ4n) is 6.62. The molecule has 0 saturated heterocycles. The molecule has 1 amide bonds. The molecule has 1 heterocycles. The molecule has 164 valence electrons. The molecule has 0 spiro atoms. The van der Waals surface area contributed by atoms with E-state index >= 15 is 0 Å². The zero-order valence-electron chi connectivity index (χ0n) is 18.5. The van der Waals surface area contributed by atoms with E-state index in [-0.39, 0.29) is 5.91 Å². The molecule has 2 N–H and O–H groups in total. The van der Waals surface area contributed by atoms with Crippen molar-refractivity contribution in [1.82, 2.24) is 0 Å². The van der Waals surface area contributed by atoms with Gasteiger partial charge < -0.3 is 10.6 Å². The predicted octanol–water partition coefficient (Wildman–Crippen LogP) is 6.30. The molecule has 2 fully saturated rings. The van der Waals surface area contributed by atoms with Gasteiger partial charge in [0.2, 0.25) is 0 Å². The standard InChI is InChI=1S/C29H27N3O/c30-15-14-18-6-11-23(12-7-18)31-29(33)22-10-13-25-24(17-22)26-20-8-9-21(16-20)27(26)28(32-25)19-4-2-1-3-5-19/h1-7,10-13,17,20-21,26-28,32H,8-9,14,16H2,(H,31,33)/t20-,21-,26-,27-,28+/m0/s1. The number of fused-ring (bicyclic) bond motifs is 7. The monoisotopic (exact) mass is 433 g/mol. The van der Waals surface area contributed by atoms with E-state index in [1.165, 1.54) is 36.1 Å². The lowest BCUT2D eigenvalue weighted by Crippen LogP contribution is -2.35. The van der Waals surface area contributed by atoms with Crippen molar-refractivity contribution in [2.75, 3.05) is 10.6 Å². The topological polar surface area (TPSA) is 64.9 Å². The summed E-state index contributed by atoms with van der Waals surface area (Å²) in [5.41, 5.74) is 6.26. The Bertz CT molecular complexity index is 1230. The molecule has 2 saturated carbocycles. The zero-order valence-corrected chi connectivity index (χ0v) is 18.5. The minimum Gasteiger partial charge on any atom is -0.378 e. The van der Waals surface area contributed by atoms with E-state index in [1.54, 1.807) is 0 Å². The largest absolute Gasteiger partial charge is 0.378 e. The zero-order chi connectivity index (χ0) is 22.4. The summed E-state index contributed by atoms with van der Waals surface area (Å²) in [7, 11) is 0. The summed E-state index contributed by atoms with van der Waals surface area (Å²) in [5.74, 6) is 2.50. The van der Waals surface area contributed by atoms with Gasteiger partial charge in [0.05, 0.1) is 18.5 Å². The van der Waals surface area contributed by atoms with Crippen LogP contribution in [0, 0.1) is 29.1 Å². The second kappa shape index (κ2) is 8.08. The van der Waals surface area contributed by atoms with Gasteiger partial charge >= 0.3 is 0 Å². The maximum atomic E-state index is 13.1. The van der Waals surface area contributed by atoms with Crippen LogP contribution in [0.3, 0.4) is 0 Å². The molecule has 6 rings (SSSR count). The molecular weight excluding hydrogens is 406 g/mol. The minimum atomic E-state index is -0.0873. The van der Waals surface area contributed by atoms with E-state index in [2.05, 4.69) is 59.2 Å². The van der Waals surface area contributed by atoms with Crippen LogP contribution >= 0.6 is 0 Å². The normalized spacial score (nSPS) is 26.6. The van der Waals surface area contributed by atoms with Crippen LogP contribution in [0.5, 0.6) is 0 Å². The Morgan fingerprint density at radius 3 is 2.58 bits per heavy atom. The molecule has 2 aliphatic carbocycles. The summed E-state index contributed by atoms with van der Waals surface area (Å²) in [6.45, 7) is 0. The number of anilines is 2. The molecule has 5 atom stereocenters. The lowest BCUT2D eigenvalue weighted by molar-refractivity contribution is 0.102. The van der Waals surface area contributed by atoms with Crippen LogP contribution in [-0.2, 0) is 6.42 Å². The van der Waals surface area contributed by atoms with E-state index in [1.807, 2.05) is 30.3 Å². The van der Waals surface area contributed by atoms with E-state index in [4.69, 9.17) is 5.26 Å². The molecule has 0 aromatic heterocycles. The van der Waals surface area contributed by atoms with Gasteiger partial charge in [0.15, 0.2) is 0 Å². The van der Waals surface area contributed by atoms with Crippen LogP contribution in [0.2, 0.25) is 0 Å². The SMILES string of the molecule is N#CCc1ccc(NC(=O)c2ccc3c(c2)[C@@H]2[C@H]4CC[C@@H](C4)[C@@H]2[C@@H](c2ccccc2)N3)cc1. The number of amides is 1. The van der Waals surface area contributed by atoms with Crippen molar-refractivity contribution < 1.29 is 4.79 Å². The summed E-state index contributed by atoms with van der Waals surface area (Å²) in [6.07, 6.45) is 4.32. The molecule has 3 aromatic rings. The van der Waals surface area contributed by atoms with Crippen molar-refractivity contribution in [1.29, 1.82) is 5.26 Å². The Morgan fingerprint density at radius 1 is 1.00 bits per heavy atom. The van der Waals surface area contributed by atoms with Crippen molar-refractivity contribution >= 4 is 17.3 Å². The summed E-state index contributed by atoms with van der Waals surface area (Å²) >= 11 is 0. The third-order valence-corrected chi connectivity index (χ3v) is 8.00. The number of nitrogens with zero attached hydrogens (tertiary/aromatic N) is 1. The number of carbonyl (C=O) groups excluding carboxylic acids is 1. The average molecular weight is 434 g/mol. The molecule has 0 unspecified atom stereocenters. The fourth-order valence-corrected chi connectivity index (χ4v) is 6.62. The first-order chi connectivity index (χ1) is 16.2. The fraction of sp³-hybridized carbons (Fsp3) is 0.310. The smallest absolute Gasteiger partial charge is 0.255 e. The lowest BCUT2D eigenvalue weighted by atomic mass is 9.68. The summed E-state index contributed by atoms with van der Waals surface area (Å²) in [5, 5.41) is 15.7. The summed E-state index contributed by atoms with van der Waals surface area (Å²) < 4.78 is 0. The average Bonchev–Trinajstić information content (AvgIpc) is 3.48. The first-order valence-corrected chi connectivity index (χ1v) is 11.9. The number of benzene rings is 3. The van der Waals surface area contributed by atoms with Crippen LogP contribution in [0.4, 0.5) is 11.4 Å². The lowest BCUT2D eigenvalue weighted by Gasteiger charge is -2.43. The maximum absolute atomic E-state index is 13.1. The first kappa shape index (κ1) is 20.1. The van der Waals surface area contributed by atoms with Gasteiger partial charge in [0, 0.05) is 16.9 Å². The Hall–Kier alpha value is -3.58. The quantitative estimate of drug-likeness (QED) is 0.507. The van der Waals surface area contributed by atoms with E-state index in [0.717, 1.165) is 23.1 Å². The van der Waals surface area contributed by atoms with Gasteiger partial charge in [-0.25, -0.2) is 0 Å². The number of carbonyl (C=O) groups is 1. The second-order valence-corrected chi connectivity index (χ2v) is 9.76. The van der Waals surface area contributed by atoms with Crippen LogP contribution < -0.4 is 10.6 Å². The molecule has 4 heteroatoms. The predicted molar refractivity (Wildman–Crippen MR) is 130 cm³/mol. The summed E-state index contributed by atoms with van der Waals surface area (Å²) in [6, 6.07) is 27.0. The summed E-state index contributed by atoms with van der Waals surface area (Å²) in [4.78, 5) is 13.1.